The van der Waals surface area contributed by atoms with E-state index in [1.54, 1.807) is 47.4 Å². The molecule has 2 fully saturated rings. The maximum absolute atomic E-state index is 13.2. The number of aromatic amines is 1. The fourth-order valence-electron chi connectivity index (χ4n) is 4.65. The molecular weight excluding hydrogens is 458 g/mol. The van der Waals surface area contributed by atoms with Gasteiger partial charge in [0.05, 0.1) is 18.7 Å². The summed E-state index contributed by atoms with van der Waals surface area (Å²) in [5.74, 6) is -0.147. The maximum atomic E-state index is 13.2. The SMILES string of the molecule is COc1ccccc1N1CC(C(=O)N2CCN(S(=O)(=O)c3c[nH]c4ncccc34)CC2)CC1=O. The van der Waals surface area contributed by atoms with Crippen molar-refractivity contribution < 1.29 is 22.7 Å². The molecule has 2 aromatic heterocycles. The number of rotatable bonds is 5. The van der Waals surface area contributed by atoms with Crippen LogP contribution in [0.25, 0.3) is 11.0 Å². The predicted octanol–water partition coefficient (Wildman–Crippen LogP) is 1.46. The minimum Gasteiger partial charge on any atom is -0.495 e. The van der Waals surface area contributed by atoms with Crippen molar-refractivity contribution in [2.45, 2.75) is 11.3 Å². The summed E-state index contributed by atoms with van der Waals surface area (Å²) in [4.78, 5) is 36.3. The number of methoxy groups -OCH3 is 1. The highest BCUT2D eigenvalue weighted by Crippen LogP contribution is 2.33. The summed E-state index contributed by atoms with van der Waals surface area (Å²) in [7, 11) is -2.18. The Hall–Kier alpha value is -3.44. The van der Waals surface area contributed by atoms with Crippen molar-refractivity contribution in [1.29, 1.82) is 0 Å². The van der Waals surface area contributed by atoms with Crippen LogP contribution in [0.15, 0.2) is 53.7 Å². The van der Waals surface area contributed by atoms with E-state index in [-0.39, 0.29) is 55.9 Å². The molecule has 0 spiro atoms. The number of piperazine rings is 1. The van der Waals surface area contributed by atoms with Gasteiger partial charge in [-0.3, -0.25) is 9.59 Å². The molecule has 2 saturated heterocycles. The number of amides is 2. The van der Waals surface area contributed by atoms with Gasteiger partial charge in [-0.25, -0.2) is 13.4 Å². The van der Waals surface area contributed by atoms with E-state index in [9.17, 15) is 18.0 Å². The zero-order valence-corrected chi connectivity index (χ0v) is 19.5. The monoisotopic (exact) mass is 483 g/mol. The molecule has 1 N–H and O–H groups in total. The number of nitrogens with one attached hydrogen (secondary N) is 1. The Morgan fingerprint density at radius 2 is 1.88 bits per heavy atom. The number of aromatic nitrogens is 2. The van der Waals surface area contributed by atoms with Gasteiger partial charge < -0.3 is 19.5 Å². The van der Waals surface area contributed by atoms with Crippen LogP contribution in [0.3, 0.4) is 0 Å². The predicted molar refractivity (Wildman–Crippen MR) is 125 cm³/mol. The van der Waals surface area contributed by atoms with Crippen LogP contribution in [-0.2, 0) is 19.6 Å². The Balaban J connectivity index is 1.25. The molecule has 10 nitrogen and oxygen atoms in total. The lowest BCUT2D eigenvalue weighted by Gasteiger charge is -2.35. The number of para-hydroxylation sites is 2. The highest BCUT2D eigenvalue weighted by molar-refractivity contribution is 7.89. The smallest absolute Gasteiger partial charge is 0.245 e. The first-order valence-electron chi connectivity index (χ1n) is 11.0. The lowest BCUT2D eigenvalue weighted by Crippen LogP contribution is -2.52. The molecule has 11 heteroatoms. The molecule has 2 aliphatic heterocycles. The molecule has 0 bridgehead atoms. The third-order valence-electron chi connectivity index (χ3n) is 6.43. The van der Waals surface area contributed by atoms with Crippen molar-refractivity contribution in [3.05, 3.63) is 48.8 Å². The van der Waals surface area contributed by atoms with Crippen molar-refractivity contribution in [3.63, 3.8) is 0 Å². The van der Waals surface area contributed by atoms with Gasteiger partial charge in [-0.1, -0.05) is 12.1 Å². The topological polar surface area (TPSA) is 116 Å². The standard InChI is InChI=1S/C23H25N5O5S/c1-33-19-7-3-2-6-18(19)28-15-16(13-21(28)29)23(30)26-9-11-27(12-10-26)34(31,32)20-14-25-22-17(20)5-4-8-24-22/h2-8,14,16H,9-13,15H2,1H3,(H,24,25). The summed E-state index contributed by atoms with van der Waals surface area (Å²) in [6.07, 6.45) is 3.18. The fraction of sp³-hybridized carbons (Fsp3) is 0.348. The number of benzene rings is 1. The number of sulfonamides is 1. The average molecular weight is 484 g/mol. The number of carbonyl (C=O) groups is 2. The first-order valence-corrected chi connectivity index (χ1v) is 12.5. The lowest BCUT2D eigenvalue weighted by atomic mass is 10.1. The van der Waals surface area contributed by atoms with Crippen LogP contribution in [0.4, 0.5) is 5.69 Å². The van der Waals surface area contributed by atoms with E-state index < -0.39 is 15.9 Å². The summed E-state index contributed by atoms with van der Waals surface area (Å²) in [6, 6.07) is 10.6. The number of nitrogens with zero attached hydrogens (tertiary/aromatic N) is 4. The second kappa shape index (κ2) is 8.73. The van der Waals surface area contributed by atoms with Crippen molar-refractivity contribution in [2.24, 2.45) is 5.92 Å². The molecule has 0 radical (unpaired) electrons. The highest BCUT2D eigenvalue weighted by Gasteiger charge is 2.40. The Morgan fingerprint density at radius 1 is 1.12 bits per heavy atom. The number of ether oxygens (including phenoxy) is 1. The third kappa shape index (κ3) is 3.80. The molecule has 34 heavy (non-hydrogen) atoms. The molecule has 1 atom stereocenters. The number of fused-ring (bicyclic) bond motifs is 1. The third-order valence-corrected chi connectivity index (χ3v) is 8.37. The van der Waals surface area contributed by atoms with E-state index in [0.717, 1.165) is 0 Å². The molecule has 1 unspecified atom stereocenters. The molecule has 3 aromatic rings. The second-order valence-corrected chi connectivity index (χ2v) is 10.3. The van der Waals surface area contributed by atoms with Crippen molar-refractivity contribution in [2.75, 3.05) is 44.7 Å². The van der Waals surface area contributed by atoms with Crippen molar-refractivity contribution >= 4 is 38.6 Å². The Bertz CT molecular complexity index is 1350. The first-order chi connectivity index (χ1) is 16.4. The van der Waals surface area contributed by atoms with Gasteiger partial charge in [-0.15, -0.1) is 0 Å². The van der Waals surface area contributed by atoms with Crippen LogP contribution in [0.2, 0.25) is 0 Å². The minimum absolute atomic E-state index is 0.123. The highest BCUT2D eigenvalue weighted by atomic mass is 32.2. The van der Waals surface area contributed by atoms with Gasteiger partial charge in [0.1, 0.15) is 16.3 Å². The molecule has 2 amide bonds. The van der Waals surface area contributed by atoms with E-state index in [2.05, 4.69) is 9.97 Å². The molecule has 5 rings (SSSR count). The number of hydrogen-bond acceptors (Lipinski definition) is 6. The van der Waals surface area contributed by atoms with Gasteiger partial charge in [-0.2, -0.15) is 4.31 Å². The summed E-state index contributed by atoms with van der Waals surface area (Å²) < 4.78 is 33.2. The fourth-order valence-corrected chi connectivity index (χ4v) is 6.22. The van der Waals surface area contributed by atoms with Gasteiger partial charge >= 0.3 is 0 Å². The molecule has 178 valence electrons. The van der Waals surface area contributed by atoms with Crippen LogP contribution in [0.1, 0.15) is 6.42 Å². The van der Waals surface area contributed by atoms with Crippen molar-refractivity contribution in [3.8, 4) is 5.75 Å². The van der Waals surface area contributed by atoms with Crippen LogP contribution in [0, 0.1) is 5.92 Å². The molecule has 0 saturated carbocycles. The second-order valence-electron chi connectivity index (χ2n) is 8.36. The normalized spacial score (nSPS) is 19.7. The quantitative estimate of drug-likeness (QED) is 0.587. The molecule has 0 aliphatic carbocycles. The van der Waals surface area contributed by atoms with Gasteiger partial charge in [0.15, 0.2) is 0 Å². The maximum Gasteiger partial charge on any atom is 0.245 e. The van der Waals surface area contributed by atoms with E-state index in [4.69, 9.17) is 4.74 Å². The number of pyridine rings is 1. The first kappa shape index (κ1) is 22.4. The lowest BCUT2D eigenvalue weighted by molar-refractivity contribution is -0.136. The minimum atomic E-state index is -3.73. The van der Waals surface area contributed by atoms with E-state index in [1.165, 1.54) is 10.5 Å². The average Bonchev–Trinajstić information content (AvgIpc) is 3.48. The summed E-state index contributed by atoms with van der Waals surface area (Å²) in [5.41, 5.74) is 1.16. The molecule has 4 heterocycles. The van der Waals surface area contributed by atoms with Crippen molar-refractivity contribution in [1.82, 2.24) is 19.2 Å². The van der Waals surface area contributed by atoms with Crippen LogP contribution in [0.5, 0.6) is 5.75 Å². The molecule has 1 aromatic carbocycles. The summed E-state index contributed by atoms with van der Waals surface area (Å²) >= 11 is 0. The van der Waals surface area contributed by atoms with Gasteiger partial charge in [-0.05, 0) is 24.3 Å². The summed E-state index contributed by atoms with van der Waals surface area (Å²) in [6.45, 7) is 1.21. The van der Waals surface area contributed by atoms with Gasteiger partial charge in [0, 0.05) is 56.9 Å². The van der Waals surface area contributed by atoms with Gasteiger partial charge in [0.25, 0.3) is 0 Å². The molecule has 2 aliphatic rings. The van der Waals surface area contributed by atoms with Crippen LogP contribution >= 0.6 is 0 Å². The molecular formula is C23H25N5O5S. The number of hydrogen-bond donors (Lipinski definition) is 1. The van der Waals surface area contributed by atoms with Crippen LogP contribution < -0.4 is 9.64 Å². The Morgan fingerprint density at radius 3 is 2.65 bits per heavy atom. The van der Waals surface area contributed by atoms with Crippen LogP contribution in [-0.4, -0.2) is 79.2 Å². The summed E-state index contributed by atoms with van der Waals surface area (Å²) in [5, 5.41) is 0.543. The van der Waals surface area contributed by atoms with Gasteiger partial charge in [0.2, 0.25) is 21.8 Å². The number of carbonyl (C=O) groups excluding carboxylic acids is 2. The van der Waals surface area contributed by atoms with E-state index in [0.29, 0.717) is 22.5 Å². The van der Waals surface area contributed by atoms with E-state index in [1.807, 2.05) is 12.1 Å². The zero-order valence-electron chi connectivity index (χ0n) is 18.7. The number of H-pyrrole nitrogens is 1. The number of anilines is 1. The zero-order chi connectivity index (χ0) is 23.9. The Kier molecular flexibility index (Phi) is 5.74. The largest absolute Gasteiger partial charge is 0.495 e. The Labute approximate surface area is 197 Å². The van der Waals surface area contributed by atoms with E-state index >= 15 is 0 Å².